The molecule has 0 bridgehead atoms. The first-order valence-electron chi connectivity index (χ1n) is 10.1. The monoisotopic (exact) mass is 417 g/mol. The van der Waals surface area contributed by atoms with E-state index >= 15 is 0 Å². The van der Waals surface area contributed by atoms with E-state index in [0.717, 1.165) is 36.2 Å². The smallest absolute Gasteiger partial charge is 0.324 e. The molecule has 29 heavy (non-hydrogen) atoms. The Morgan fingerprint density at radius 3 is 3.00 bits per heavy atom. The van der Waals surface area contributed by atoms with Crippen LogP contribution in [0.3, 0.4) is 0 Å². The molecule has 9 heteroatoms. The molecule has 0 radical (unpaired) electrons. The lowest BCUT2D eigenvalue weighted by molar-refractivity contribution is -0.123. The Morgan fingerprint density at radius 2 is 2.21 bits per heavy atom. The van der Waals surface area contributed by atoms with Gasteiger partial charge >= 0.3 is 6.03 Å². The van der Waals surface area contributed by atoms with E-state index in [-0.39, 0.29) is 18.0 Å². The van der Waals surface area contributed by atoms with Crippen LogP contribution in [0.25, 0.3) is 11.0 Å². The van der Waals surface area contributed by atoms with Gasteiger partial charge in [-0.2, -0.15) is 11.8 Å². The van der Waals surface area contributed by atoms with E-state index in [1.165, 1.54) is 0 Å². The van der Waals surface area contributed by atoms with Gasteiger partial charge in [0.2, 0.25) is 11.9 Å². The van der Waals surface area contributed by atoms with Gasteiger partial charge in [-0.1, -0.05) is 12.1 Å². The second kappa shape index (κ2) is 9.04. The largest absolute Gasteiger partial charge is 0.376 e. The molecule has 1 saturated heterocycles. The average molecular weight is 418 g/mol. The zero-order valence-electron chi connectivity index (χ0n) is 16.6. The van der Waals surface area contributed by atoms with Crippen molar-refractivity contribution in [2.24, 2.45) is 0 Å². The minimum absolute atomic E-state index is 0.0781. The molecule has 3 amide bonds. The third-order valence-electron chi connectivity index (χ3n) is 5.42. The fourth-order valence-corrected chi connectivity index (χ4v) is 4.33. The number of benzene rings is 1. The van der Waals surface area contributed by atoms with Gasteiger partial charge in [0.15, 0.2) is 0 Å². The molecule has 1 aromatic carbocycles. The second-order valence-electron chi connectivity index (χ2n) is 7.37. The number of thioether (sulfide) groups is 1. The number of ether oxygens (including phenoxy) is 1. The number of aromatic nitrogens is 2. The molecule has 2 N–H and O–H groups in total. The summed E-state index contributed by atoms with van der Waals surface area (Å²) in [5.41, 5.74) is 1.89. The SMILES string of the molecule is CSCC[C@H](NC(=O)N1CCn2c1nc1ccccc12)C(=O)NC[C@@H]1CCCO1. The van der Waals surface area contributed by atoms with E-state index in [1.807, 2.05) is 35.1 Å². The molecule has 4 rings (SSSR count). The summed E-state index contributed by atoms with van der Waals surface area (Å²) in [5, 5.41) is 5.86. The number of nitrogens with zero attached hydrogens (tertiary/aromatic N) is 3. The zero-order valence-corrected chi connectivity index (χ0v) is 17.4. The van der Waals surface area contributed by atoms with E-state index in [2.05, 4.69) is 15.6 Å². The molecular weight excluding hydrogens is 390 g/mol. The second-order valence-corrected chi connectivity index (χ2v) is 8.35. The summed E-state index contributed by atoms with van der Waals surface area (Å²) in [6.45, 7) is 2.49. The van der Waals surface area contributed by atoms with Crippen molar-refractivity contribution in [3.05, 3.63) is 24.3 Å². The summed E-state index contributed by atoms with van der Waals surface area (Å²) in [4.78, 5) is 31.9. The van der Waals surface area contributed by atoms with E-state index in [9.17, 15) is 9.59 Å². The number of hydrogen-bond acceptors (Lipinski definition) is 5. The van der Waals surface area contributed by atoms with Crippen molar-refractivity contribution in [1.29, 1.82) is 0 Å². The summed E-state index contributed by atoms with van der Waals surface area (Å²) in [6.07, 6.45) is 4.64. The molecule has 1 fully saturated rings. The molecule has 2 aromatic rings. The summed E-state index contributed by atoms with van der Waals surface area (Å²) >= 11 is 1.66. The first-order valence-corrected chi connectivity index (χ1v) is 11.5. The van der Waals surface area contributed by atoms with Crippen LogP contribution in [0.2, 0.25) is 0 Å². The molecule has 156 valence electrons. The maximum atomic E-state index is 13.0. The van der Waals surface area contributed by atoms with Crippen molar-refractivity contribution in [3.8, 4) is 0 Å². The van der Waals surface area contributed by atoms with Crippen molar-refractivity contribution >= 4 is 40.7 Å². The number of hydrogen-bond donors (Lipinski definition) is 2. The lowest BCUT2D eigenvalue weighted by atomic mass is 10.2. The Bertz CT molecular complexity index is 880. The Balaban J connectivity index is 1.42. The van der Waals surface area contributed by atoms with Crippen molar-refractivity contribution in [2.75, 3.05) is 36.6 Å². The molecular formula is C20H27N5O3S. The summed E-state index contributed by atoms with van der Waals surface area (Å²) in [7, 11) is 0. The third kappa shape index (κ3) is 4.35. The van der Waals surface area contributed by atoms with Crippen molar-refractivity contribution < 1.29 is 14.3 Å². The van der Waals surface area contributed by atoms with Gasteiger partial charge in [0.25, 0.3) is 0 Å². The normalized spacial score (nSPS) is 19.3. The lowest BCUT2D eigenvalue weighted by Crippen LogP contribution is -2.52. The zero-order chi connectivity index (χ0) is 20.2. The predicted octanol–water partition coefficient (Wildman–Crippen LogP) is 1.98. The Kier molecular flexibility index (Phi) is 6.25. The van der Waals surface area contributed by atoms with Gasteiger partial charge in [-0.25, -0.2) is 9.78 Å². The number of nitrogens with one attached hydrogen (secondary N) is 2. The van der Waals surface area contributed by atoms with Gasteiger partial charge in [0.05, 0.1) is 17.1 Å². The van der Waals surface area contributed by atoms with Gasteiger partial charge < -0.3 is 19.9 Å². The summed E-state index contributed by atoms with van der Waals surface area (Å²) in [6, 6.07) is 7.00. The molecule has 0 saturated carbocycles. The Morgan fingerprint density at radius 1 is 1.34 bits per heavy atom. The standard InChI is InChI=1S/C20H27N5O3S/c1-29-12-8-16(18(26)21-13-14-5-4-11-28-14)23-20(27)25-10-9-24-17-7-3-2-6-15(17)22-19(24)25/h2-3,6-7,14,16H,4-5,8-13H2,1H3,(H,21,26)(H,23,27)/t14-,16-/m0/s1. The molecule has 3 heterocycles. The van der Waals surface area contributed by atoms with Crippen LogP contribution in [0, 0.1) is 0 Å². The number of rotatable bonds is 7. The summed E-state index contributed by atoms with van der Waals surface area (Å²) < 4.78 is 7.61. The fourth-order valence-electron chi connectivity index (χ4n) is 3.86. The van der Waals surface area contributed by atoms with Crippen LogP contribution >= 0.6 is 11.8 Å². The first kappa shape index (κ1) is 20.0. The Labute approximate surface area is 174 Å². The number of urea groups is 1. The Hall–Kier alpha value is -2.26. The number of carbonyl (C=O) groups excluding carboxylic acids is 2. The minimum atomic E-state index is -0.574. The third-order valence-corrected chi connectivity index (χ3v) is 6.06. The highest BCUT2D eigenvalue weighted by Crippen LogP contribution is 2.27. The van der Waals surface area contributed by atoms with Crippen molar-refractivity contribution in [3.63, 3.8) is 0 Å². The van der Waals surface area contributed by atoms with Gasteiger partial charge in [-0.3, -0.25) is 9.69 Å². The van der Waals surface area contributed by atoms with Crippen LogP contribution < -0.4 is 15.5 Å². The molecule has 2 atom stereocenters. The van der Waals surface area contributed by atoms with Crippen LogP contribution in [-0.4, -0.2) is 65.3 Å². The predicted molar refractivity (Wildman–Crippen MR) is 114 cm³/mol. The first-order chi connectivity index (χ1) is 14.2. The molecule has 8 nitrogen and oxygen atoms in total. The quantitative estimate of drug-likeness (QED) is 0.719. The maximum Gasteiger partial charge on any atom is 0.324 e. The molecule has 0 aliphatic carbocycles. The van der Waals surface area contributed by atoms with E-state index in [1.54, 1.807) is 16.7 Å². The number of carbonyl (C=O) groups is 2. The lowest BCUT2D eigenvalue weighted by Gasteiger charge is -2.22. The average Bonchev–Trinajstić information content (AvgIpc) is 3.45. The fraction of sp³-hybridized carbons (Fsp3) is 0.550. The van der Waals surface area contributed by atoms with E-state index in [4.69, 9.17) is 4.74 Å². The maximum absolute atomic E-state index is 13.0. The van der Waals surface area contributed by atoms with Crippen LogP contribution in [0.1, 0.15) is 19.3 Å². The molecule has 0 unspecified atom stereocenters. The highest BCUT2D eigenvalue weighted by molar-refractivity contribution is 7.98. The molecule has 2 aliphatic heterocycles. The van der Waals surface area contributed by atoms with Gasteiger partial charge in [-0.05, 0) is 43.4 Å². The van der Waals surface area contributed by atoms with E-state index in [0.29, 0.717) is 32.0 Å². The molecule has 1 aromatic heterocycles. The van der Waals surface area contributed by atoms with Crippen molar-refractivity contribution in [1.82, 2.24) is 20.2 Å². The highest BCUT2D eigenvalue weighted by Gasteiger charge is 2.31. The number of amides is 3. The number of imidazole rings is 1. The van der Waals surface area contributed by atoms with Crippen LogP contribution in [-0.2, 0) is 16.1 Å². The van der Waals surface area contributed by atoms with Crippen LogP contribution in [0.5, 0.6) is 0 Å². The topological polar surface area (TPSA) is 88.5 Å². The number of anilines is 1. The van der Waals surface area contributed by atoms with Gasteiger partial charge in [0.1, 0.15) is 6.04 Å². The molecule has 2 aliphatic rings. The number of para-hydroxylation sites is 2. The van der Waals surface area contributed by atoms with Gasteiger partial charge in [0, 0.05) is 26.2 Å². The summed E-state index contributed by atoms with van der Waals surface area (Å²) in [5.74, 6) is 1.26. The van der Waals surface area contributed by atoms with Crippen molar-refractivity contribution in [2.45, 2.75) is 38.0 Å². The highest BCUT2D eigenvalue weighted by atomic mass is 32.2. The van der Waals surface area contributed by atoms with Gasteiger partial charge in [-0.15, -0.1) is 0 Å². The minimum Gasteiger partial charge on any atom is -0.376 e. The van der Waals surface area contributed by atoms with E-state index < -0.39 is 6.04 Å². The van der Waals surface area contributed by atoms with Crippen LogP contribution in [0.15, 0.2) is 24.3 Å². The number of fused-ring (bicyclic) bond motifs is 3. The van der Waals surface area contributed by atoms with Crippen LogP contribution in [0.4, 0.5) is 10.7 Å². The molecule has 0 spiro atoms.